The van der Waals surface area contributed by atoms with Gasteiger partial charge in [0.1, 0.15) is 0 Å². The molecule has 1 aromatic carbocycles. The molecule has 2 rings (SSSR count). The number of hydrogen-bond acceptors (Lipinski definition) is 2. The van der Waals surface area contributed by atoms with Crippen molar-refractivity contribution in [3.8, 4) is 0 Å². The van der Waals surface area contributed by atoms with Crippen LogP contribution in [0.3, 0.4) is 0 Å². The van der Waals surface area contributed by atoms with Crippen LogP contribution in [0.1, 0.15) is 51.5 Å². The predicted octanol–water partition coefficient (Wildman–Crippen LogP) is 4.81. The van der Waals surface area contributed by atoms with Crippen molar-refractivity contribution in [3.63, 3.8) is 0 Å². The summed E-state index contributed by atoms with van der Waals surface area (Å²) in [5.74, 6) is 0.837. The maximum atomic E-state index is 6.39. The molecule has 0 aliphatic heterocycles. The summed E-state index contributed by atoms with van der Waals surface area (Å²) in [5.41, 5.74) is 1.22. The molecule has 1 fully saturated rings. The molecule has 3 heteroatoms. The van der Waals surface area contributed by atoms with Gasteiger partial charge in [-0.25, -0.2) is 0 Å². The second-order valence-electron chi connectivity index (χ2n) is 6.46. The first-order valence-electron chi connectivity index (χ1n) is 8.23. The van der Waals surface area contributed by atoms with Crippen LogP contribution in [0, 0.1) is 5.92 Å². The van der Waals surface area contributed by atoms with Crippen LogP contribution in [0.25, 0.3) is 0 Å². The number of halogens is 1. The maximum Gasteiger partial charge on any atom is 0.0811 e. The Morgan fingerprint density at radius 3 is 2.52 bits per heavy atom. The van der Waals surface area contributed by atoms with Crippen LogP contribution in [-0.4, -0.2) is 18.7 Å². The summed E-state index contributed by atoms with van der Waals surface area (Å²) in [6.07, 6.45) is 6.05. The molecule has 1 N–H and O–H groups in total. The quantitative estimate of drug-likeness (QED) is 0.730. The first-order valence-corrected chi connectivity index (χ1v) is 8.60. The lowest BCUT2D eigenvalue weighted by Crippen LogP contribution is -2.45. The molecule has 0 saturated heterocycles. The number of rotatable bonds is 7. The van der Waals surface area contributed by atoms with Crippen LogP contribution in [0.5, 0.6) is 0 Å². The Hall–Kier alpha value is -0.570. The van der Waals surface area contributed by atoms with Crippen LogP contribution in [0.15, 0.2) is 24.3 Å². The lowest BCUT2D eigenvalue weighted by Gasteiger charge is -2.39. The number of hydrogen-bond donors (Lipinski definition) is 1. The van der Waals surface area contributed by atoms with Crippen molar-refractivity contribution in [2.75, 3.05) is 13.1 Å². The highest BCUT2D eigenvalue weighted by Gasteiger charge is 2.34. The normalized spacial score (nSPS) is 26.0. The standard InChI is InChI=1S/C18H28ClNO/c1-3-12-20-14-18(10-8-15(2)9-11-18)21-13-16-4-6-17(19)7-5-16/h4-7,15,20H,3,8-14H2,1-2H3. The van der Waals surface area contributed by atoms with Crippen LogP contribution in [-0.2, 0) is 11.3 Å². The predicted molar refractivity (Wildman–Crippen MR) is 89.8 cm³/mol. The molecule has 0 heterocycles. The highest BCUT2D eigenvalue weighted by molar-refractivity contribution is 6.30. The summed E-state index contributed by atoms with van der Waals surface area (Å²) < 4.78 is 6.39. The molecule has 0 unspecified atom stereocenters. The van der Waals surface area contributed by atoms with Crippen molar-refractivity contribution in [1.29, 1.82) is 0 Å². The van der Waals surface area contributed by atoms with E-state index in [1.807, 2.05) is 12.1 Å². The van der Waals surface area contributed by atoms with Gasteiger partial charge in [-0.15, -0.1) is 0 Å². The molecule has 1 saturated carbocycles. The van der Waals surface area contributed by atoms with Crippen molar-refractivity contribution in [2.24, 2.45) is 5.92 Å². The van der Waals surface area contributed by atoms with Gasteiger partial charge in [0.05, 0.1) is 12.2 Å². The highest BCUT2D eigenvalue weighted by atomic mass is 35.5. The molecular formula is C18H28ClNO. The summed E-state index contributed by atoms with van der Waals surface area (Å²) in [5, 5.41) is 4.34. The van der Waals surface area contributed by atoms with E-state index >= 15 is 0 Å². The Labute approximate surface area is 134 Å². The summed E-state index contributed by atoms with van der Waals surface area (Å²) >= 11 is 5.94. The number of ether oxygens (including phenoxy) is 1. The molecule has 1 aliphatic rings. The average Bonchev–Trinajstić information content (AvgIpc) is 2.50. The lowest BCUT2D eigenvalue weighted by molar-refractivity contribution is -0.0848. The molecule has 0 spiro atoms. The fraction of sp³-hybridized carbons (Fsp3) is 0.667. The zero-order chi connectivity index (χ0) is 15.1. The third-order valence-electron chi connectivity index (χ3n) is 4.52. The van der Waals surface area contributed by atoms with E-state index in [0.717, 1.165) is 24.0 Å². The van der Waals surface area contributed by atoms with Crippen LogP contribution < -0.4 is 5.32 Å². The summed E-state index contributed by atoms with van der Waals surface area (Å²) in [7, 11) is 0. The monoisotopic (exact) mass is 309 g/mol. The van der Waals surface area contributed by atoms with E-state index in [-0.39, 0.29) is 5.60 Å². The van der Waals surface area contributed by atoms with Crippen LogP contribution >= 0.6 is 11.6 Å². The maximum absolute atomic E-state index is 6.39. The molecule has 21 heavy (non-hydrogen) atoms. The van der Waals surface area contributed by atoms with Crippen molar-refractivity contribution in [2.45, 2.75) is 58.2 Å². The van der Waals surface area contributed by atoms with Crippen molar-refractivity contribution >= 4 is 11.6 Å². The van der Waals surface area contributed by atoms with E-state index in [1.54, 1.807) is 0 Å². The second kappa shape index (κ2) is 8.17. The van der Waals surface area contributed by atoms with Gasteiger partial charge in [0.15, 0.2) is 0 Å². The van der Waals surface area contributed by atoms with Crippen molar-refractivity contribution in [3.05, 3.63) is 34.9 Å². The molecule has 0 aromatic heterocycles. The zero-order valence-corrected chi connectivity index (χ0v) is 14.1. The van der Waals surface area contributed by atoms with Gasteiger partial charge in [-0.1, -0.05) is 37.6 Å². The van der Waals surface area contributed by atoms with E-state index < -0.39 is 0 Å². The van der Waals surface area contributed by atoms with Crippen LogP contribution in [0.2, 0.25) is 5.02 Å². The second-order valence-corrected chi connectivity index (χ2v) is 6.89. The van der Waals surface area contributed by atoms with E-state index in [4.69, 9.17) is 16.3 Å². The van der Waals surface area contributed by atoms with Crippen LogP contribution in [0.4, 0.5) is 0 Å². The molecule has 1 aromatic rings. The fourth-order valence-electron chi connectivity index (χ4n) is 2.97. The molecule has 1 aliphatic carbocycles. The van der Waals surface area contributed by atoms with E-state index in [0.29, 0.717) is 6.61 Å². The molecule has 0 bridgehead atoms. The Morgan fingerprint density at radius 1 is 1.24 bits per heavy atom. The average molecular weight is 310 g/mol. The minimum absolute atomic E-state index is 0.0152. The van der Waals surface area contributed by atoms with E-state index in [1.165, 1.54) is 37.7 Å². The van der Waals surface area contributed by atoms with Gasteiger partial charge in [-0.3, -0.25) is 0 Å². The van der Waals surface area contributed by atoms with Gasteiger partial charge in [-0.2, -0.15) is 0 Å². The summed E-state index contributed by atoms with van der Waals surface area (Å²) in [6, 6.07) is 7.98. The highest BCUT2D eigenvalue weighted by Crippen LogP contribution is 2.35. The summed E-state index contributed by atoms with van der Waals surface area (Å²) in [4.78, 5) is 0. The Bertz CT molecular complexity index is 410. The van der Waals surface area contributed by atoms with Crippen molar-refractivity contribution < 1.29 is 4.74 Å². The van der Waals surface area contributed by atoms with Gasteiger partial charge in [-0.05, 0) is 62.3 Å². The minimum atomic E-state index is 0.0152. The number of nitrogens with one attached hydrogen (secondary N) is 1. The topological polar surface area (TPSA) is 21.3 Å². The van der Waals surface area contributed by atoms with Gasteiger partial charge in [0, 0.05) is 11.6 Å². The zero-order valence-electron chi connectivity index (χ0n) is 13.3. The SMILES string of the molecule is CCCNCC1(OCc2ccc(Cl)cc2)CCC(C)CC1. The number of benzene rings is 1. The first kappa shape index (κ1) is 16.8. The summed E-state index contributed by atoms with van der Waals surface area (Å²) in [6.45, 7) is 7.28. The molecular weight excluding hydrogens is 282 g/mol. The lowest BCUT2D eigenvalue weighted by atomic mass is 9.79. The van der Waals surface area contributed by atoms with E-state index in [9.17, 15) is 0 Å². The molecule has 118 valence electrons. The first-order chi connectivity index (χ1) is 10.1. The van der Waals surface area contributed by atoms with Gasteiger partial charge in [0.25, 0.3) is 0 Å². The largest absolute Gasteiger partial charge is 0.369 e. The Morgan fingerprint density at radius 2 is 1.90 bits per heavy atom. The Kier molecular flexibility index (Phi) is 6.53. The molecule has 0 amide bonds. The minimum Gasteiger partial charge on any atom is -0.369 e. The van der Waals surface area contributed by atoms with Gasteiger partial charge < -0.3 is 10.1 Å². The molecule has 0 radical (unpaired) electrons. The third kappa shape index (κ3) is 5.28. The Balaban J connectivity index is 1.93. The smallest absolute Gasteiger partial charge is 0.0811 e. The van der Waals surface area contributed by atoms with E-state index in [2.05, 4.69) is 31.3 Å². The third-order valence-corrected chi connectivity index (χ3v) is 4.77. The molecule has 0 atom stereocenters. The van der Waals surface area contributed by atoms with Gasteiger partial charge in [0.2, 0.25) is 0 Å². The fourth-order valence-corrected chi connectivity index (χ4v) is 3.10. The van der Waals surface area contributed by atoms with Crippen molar-refractivity contribution in [1.82, 2.24) is 5.32 Å². The van der Waals surface area contributed by atoms with Gasteiger partial charge >= 0.3 is 0 Å². The molecule has 2 nitrogen and oxygen atoms in total.